The van der Waals surface area contributed by atoms with Gasteiger partial charge in [0, 0.05) is 49.6 Å². The average Bonchev–Trinajstić information content (AvgIpc) is 3.31. The summed E-state index contributed by atoms with van der Waals surface area (Å²) in [5.41, 5.74) is 2.55. The third-order valence-electron chi connectivity index (χ3n) is 8.50. The maximum absolute atomic E-state index is 14.5. The van der Waals surface area contributed by atoms with E-state index in [1.807, 2.05) is 67.1 Å². The quantitative estimate of drug-likeness (QED) is 0.270. The number of ether oxygens (including phenoxy) is 1. The number of halogens is 3. The van der Waals surface area contributed by atoms with Crippen molar-refractivity contribution in [2.75, 3.05) is 32.1 Å². The summed E-state index contributed by atoms with van der Waals surface area (Å²) in [6.07, 6.45) is -5.24. The zero-order valence-electron chi connectivity index (χ0n) is 25.6. The van der Waals surface area contributed by atoms with Crippen molar-refractivity contribution in [1.29, 1.82) is 0 Å². The third kappa shape index (κ3) is 6.41. The Kier molecular flexibility index (Phi) is 9.22. The van der Waals surface area contributed by atoms with Crippen LogP contribution in [0, 0.1) is 5.92 Å². The smallest absolute Gasteiger partial charge is 0.394 e. The Morgan fingerprint density at radius 1 is 1.09 bits per heavy atom. The van der Waals surface area contributed by atoms with Crippen molar-refractivity contribution < 1.29 is 32.6 Å². The number of hydrogen-bond donors (Lipinski definition) is 2. The van der Waals surface area contributed by atoms with Crippen LogP contribution >= 0.6 is 0 Å². The highest BCUT2D eigenvalue weighted by Crippen LogP contribution is 2.39. The number of aliphatic hydroxyl groups is 1. The highest BCUT2D eigenvalue weighted by molar-refractivity contribution is 6.10. The molecule has 0 saturated heterocycles. The number of alkyl halides is 3. The van der Waals surface area contributed by atoms with Crippen molar-refractivity contribution in [2.45, 2.75) is 38.8 Å². The molecule has 4 aromatic rings. The van der Waals surface area contributed by atoms with E-state index in [4.69, 9.17) is 4.74 Å². The average molecular weight is 623 g/mol. The first kappa shape index (κ1) is 32.1. The summed E-state index contributed by atoms with van der Waals surface area (Å²) < 4.78 is 49.0. The first-order valence-electron chi connectivity index (χ1n) is 14.8. The van der Waals surface area contributed by atoms with Gasteiger partial charge in [0.15, 0.2) is 0 Å². The van der Waals surface area contributed by atoms with E-state index < -0.39 is 29.9 Å². The maximum Gasteiger partial charge on any atom is 0.418 e. The summed E-state index contributed by atoms with van der Waals surface area (Å²) in [5.74, 6) is -0.577. The van der Waals surface area contributed by atoms with Crippen molar-refractivity contribution in [2.24, 2.45) is 13.0 Å². The molecule has 0 fully saturated rings. The number of rotatable bonds is 5. The largest absolute Gasteiger partial charge is 0.418 e. The van der Waals surface area contributed by atoms with E-state index in [1.54, 1.807) is 11.8 Å². The predicted molar refractivity (Wildman–Crippen MR) is 167 cm³/mol. The second-order valence-electron chi connectivity index (χ2n) is 11.6. The number of aromatic nitrogens is 1. The lowest BCUT2D eigenvalue weighted by Gasteiger charge is -2.35. The molecule has 45 heavy (non-hydrogen) atoms. The molecule has 3 aromatic carbocycles. The highest BCUT2D eigenvalue weighted by Gasteiger charge is 2.36. The molecule has 238 valence electrons. The molecule has 2 N–H and O–H groups in total. The SMILES string of the molecule is C[C@H]1CN([C@@H](C)CO)C(=O)c2c(c3ccccc3n2C)-c2ccccc2CO[C@@H]1CN(C)C(=O)Nc1ccccc1C(F)(F)F. The second-order valence-corrected chi connectivity index (χ2v) is 11.6. The molecule has 0 saturated carbocycles. The Balaban J connectivity index is 1.51. The molecule has 2 heterocycles. The minimum atomic E-state index is -4.63. The Bertz CT molecular complexity index is 1700. The number of likely N-dealkylation sites (N-methyl/N-ethyl adjacent to an activating group) is 1. The minimum Gasteiger partial charge on any atom is -0.394 e. The van der Waals surface area contributed by atoms with Gasteiger partial charge in [0.05, 0.1) is 36.6 Å². The first-order valence-corrected chi connectivity index (χ1v) is 14.8. The number of nitrogens with one attached hydrogen (secondary N) is 1. The molecule has 1 aliphatic heterocycles. The van der Waals surface area contributed by atoms with Gasteiger partial charge in [-0.1, -0.05) is 61.5 Å². The molecular formula is C34H37F3N4O4. The molecule has 0 bridgehead atoms. The van der Waals surface area contributed by atoms with Crippen molar-refractivity contribution in [3.63, 3.8) is 0 Å². The van der Waals surface area contributed by atoms with E-state index in [2.05, 4.69) is 5.32 Å². The number of carbonyl (C=O) groups excluding carboxylic acids is 2. The van der Waals surface area contributed by atoms with Crippen LogP contribution < -0.4 is 5.32 Å². The van der Waals surface area contributed by atoms with Crippen LogP contribution in [0.1, 0.15) is 35.5 Å². The summed E-state index contributed by atoms with van der Waals surface area (Å²) in [7, 11) is 3.35. The lowest BCUT2D eigenvalue weighted by Crippen LogP contribution is -2.48. The van der Waals surface area contributed by atoms with Crippen molar-refractivity contribution >= 4 is 28.5 Å². The molecule has 1 aromatic heterocycles. The number of aliphatic hydroxyl groups excluding tert-OH is 1. The van der Waals surface area contributed by atoms with E-state index in [0.29, 0.717) is 5.69 Å². The number of para-hydroxylation sites is 2. The molecule has 3 amide bonds. The van der Waals surface area contributed by atoms with Crippen LogP contribution in [0.25, 0.3) is 22.0 Å². The number of fused-ring (bicyclic) bond motifs is 5. The van der Waals surface area contributed by atoms with Gasteiger partial charge in [0.2, 0.25) is 0 Å². The Labute approximate surface area is 260 Å². The van der Waals surface area contributed by atoms with E-state index in [0.717, 1.165) is 33.7 Å². The molecule has 8 nitrogen and oxygen atoms in total. The summed E-state index contributed by atoms with van der Waals surface area (Å²) in [6.45, 7) is 3.81. The lowest BCUT2D eigenvalue weighted by molar-refractivity contribution is -0.136. The van der Waals surface area contributed by atoms with Crippen LogP contribution in [0.4, 0.5) is 23.7 Å². The topological polar surface area (TPSA) is 87.0 Å². The summed E-state index contributed by atoms with van der Waals surface area (Å²) in [5, 5.41) is 13.5. The maximum atomic E-state index is 14.5. The van der Waals surface area contributed by atoms with Gasteiger partial charge >= 0.3 is 12.2 Å². The van der Waals surface area contributed by atoms with Gasteiger partial charge in [-0.15, -0.1) is 0 Å². The van der Waals surface area contributed by atoms with Crippen LogP contribution in [0.2, 0.25) is 0 Å². The summed E-state index contributed by atoms with van der Waals surface area (Å²) in [6, 6.07) is 19.0. The summed E-state index contributed by atoms with van der Waals surface area (Å²) >= 11 is 0. The summed E-state index contributed by atoms with van der Waals surface area (Å²) in [4.78, 5) is 30.5. The molecule has 0 unspecified atom stereocenters. The number of anilines is 1. The van der Waals surface area contributed by atoms with Gasteiger partial charge in [-0.3, -0.25) is 4.79 Å². The third-order valence-corrected chi connectivity index (χ3v) is 8.50. The van der Waals surface area contributed by atoms with E-state index in [9.17, 15) is 27.9 Å². The lowest BCUT2D eigenvalue weighted by atomic mass is 9.96. The van der Waals surface area contributed by atoms with Crippen LogP contribution in [0.15, 0.2) is 72.8 Å². The number of benzene rings is 3. The van der Waals surface area contributed by atoms with Gasteiger partial charge in [0.25, 0.3) is 5.91 Å². The van der Waals surface area contributed by atoms with Crippen molar-refractivity contribution in [3.05, 3.63) is 89.6 Å². The fourth-order valence-electron chi connectivity index (χ4n) is 5.93. The highest BCUT2D eigenvalue weighted by atomic mass is 19.4. The zero-order valence-corrected chi connectivity index (χ0v) is 25.6. The number of amides is 3. The minimum absolute atomic E-state index is 0.0365. The van der Waals surface area contributed by atoms with Crippen molar-refractivity contribution in [3.8, 4) is 11.1 Å². The van der Waals surface area contributed by atoms with E-state index in [1.165, 1.54) is 30.1 Å². The molecule has 11 heteroatoms. The van der Waals surface area contributed by atoms with Crippen LogP contribution in [-0.2, 0) is 24.6 Å². The van der Waals surface area contributed by atoms with Gasteiger partial charge in [-0.2, -0.15) is 13.2 Å². The van der Waals surface area contributed by atoms with Gasteiger partial charge < -0.3 is 29.5 Å². The number of nitrogens with zero attached hydrogens (tertiary/aromatic N) is 3. The van der Waals surface area contributed by atoms with Crippen molar-refractivity contribution in [1.82, 2.24) is 14.4 Å². The number of carbonyl (C=O) groups is 2. The predicted octanol–water partition coefficient (Wildman–Crippen LogP) is 6.39. The van der Waals surface area contributed by atoms with Gasteiger partial charge in [-0.05, 0) is 36.2 Å². The molecule has 0 radical (unpaired) electrons. The van der Waals surface area contributed by atoms with E-state index >= 15 is 0 Å². The van der Waals surface area contributed by atoms with Gasteiger partial charge in [-0.25, -0.2) is 4.79 Å². The molecular weight excluding hydrogens is 585 g/mol. The Morgan fingerprint density at radius 2 is 1.76 bits per heavy atom. The standard InChI is InChI=1S/C34H37F3N4O4/c1-21-17-41(22(2)19-42)32(43)31-30(25-13-7-10-16-28(25)40(31)4)24-12-6-5-11-23(24)20-45-29(21)18-39(3)33(44)38-27-15-9-8-14-26(27)34(35,36)37/h5-16,21-22,29,42H,17-20H2,1-4H3,(H,38,44)/t21-,22-,29+/m0/s1. The molecule has 0 spiro atoms. The molecule has 3 atom stereocenters. The van der Waals surface area contributed by atoms with Crippen LogP contribution in [0.5, 0.6) is 0 Å². The normalized spacial score (nSPS) is 18.1. The zero-order chi connectivity index (χ0) is 32.5. The first-order chi connectivity index (χ1) is 21.4. The number of hydrogen-bond acceptors (Lipinski definition) is 4. The second kappa shape index (κ2) is 12.9. The molecule has 0 aliphatic carbocycles. The van der Waals surface area contributed by atoms with Crippen LogP contribution in [-0.4, -0.2) is 70.3 Å². The fraction of sp³-hybridized carbons (Fsp3) is 0.353. The van der Waals surface area contributed by atoms with E-state index in [-0.39, 0.29) is 43.8 Å². The Morgan fingerprint density at radius 3 is 2.49 bits per heavy atom. The molecule has 1 aliphatic rings. The monoisotopic (exact) mass is 622 g/mol. The molecule has 5 rings (SSSR count). The van der Waals surface area contributed by atoms with Gasteiger partial charge in [0.1, 0.15) is 5.69 Å². The number of aryl methyl sites for hydroxylation is 1. The Hall–Kier alpha value is -4.35. The fourth-order valence-corrected chi connectivity index (χ4v) is 5.93. The number of urea groups is 1. The van der Waals surface area contributed by atoms with Crippen LogP contribution in [0.3, 0.4) is 0 Å².